The molecule has 0 aromatic heterocycles. The Morgan fingerprint density at radius 1 is 0.524 bits per heavy atom. The zero-order chi connectivity index (χ0) is 15.7. The van der Waals surface area contributed by atoms with Crippen molar-refractivity contribution in [2.45, 2.75) is 26.2 Å². The molecule has 0 atom stereocenters. The Labute approximate surface area is 146 Å². The molecule has 0 amide bonds. The molecule has 0 saturated carbocycles. The first-order valence-electron chi connectivity index (χ1n) is 6.42. The minimum atomic E-state index is -2.60. The van der Waals surface area contributed by atoms with E-state index in [2.05, 4.69) is 26.3 Å². The van der Waals surface area contributed by atoms with Crippen molar-refractivity contribution < 1.29 is 37.5 Å². The van der Waals surface area contributed by atoms with Gasteiger partial charge >= 0.3 is 34.2 Å². The number of rotatable bonds is 4. The van der Waals surface area contributed by atoms with Crippen LogP contribution in [-0.2, 0) is 37.5 Å². The predicted molar refractivity (Wildman–Crippen MR) is 91.6 cm³/mol. The van der Waals surface area contributed by atoms with E-state index in [1.54, 1.807) is 22.8 Å². The molecule has 0 aromatic rings. The maximum absolute atomic E-state index is 6.25. The van der Waals surface area contributed by atoms with Gasteiger partial charge in [0, 0.05) is 21.1 Å². The Hall–Kier alpha value is 0.356. The summed E-state index contributed by atoms with van der Waals surface area (Å²) in [7, 11) is -10.4. The van der Waals surface area contributed by atoms with E-state index in [0.717, 1.165) is 0 Å². The minimum absolute atomic E-state index is 0. The van der Waals surface area contributed by atoms with Gasteiger partial charge in [-0.05, 0) is 26.2 Å². The van der Waals surface area contributed by atoms with Crippen LogP contribution >= 0.6 is 0 Å². The van der Waals surface area contributed by atoms with Crippen LogP contribution in [0.5, 0.6) is 0 Å². The third-order valence-corrected chi connectivity index (χ3v) is 19.0. The van der Waals surface area contributed by atoms with Crippen LogP contribution in [0.3, 0.4) is 0 Å². The third kappa shape index (κ3) is 5.19. The van der Waals surface area contributed by atoms with Gasteiger partial charge in [0.1, 0.15) is 0 Å². The summed E-state index contributed by atoms with van der Waals surface area (Å²) in [6, 6.07) is 0. The van der Waals surface area contributed by atoms with Crippen LogP contribution in [0.15, 0.2) is 49.1 Å². The van der Waals surface area contributed by atoms with Gasteiger partial charge in [-0.25, -0.2) is 0 Å². The molecule has 0 radical (unpaired) electrons. The summed E-state index contributed by atoms with van der Waals surface area (Å²) < 4.78 is 25.0. The maximum atomic E-state index is 6.25. The van der Waals surface area contributed by atoms with Crippen LogP contribution in [-0.4, -0.2) is 34.2 Å². The predicted octanol–water partition coefficient (Wildman–Crippen LogP) is 3.25. The van der Waals surface area contributed by atoms with Crippen LogP contribution in [0.4, 0.5) is 0 Å². The molecule has 1 rings (SSSR count). The van der Waals surface area contributed by atoms with Crippen molar-refractivity contribution in [2.75, 3.05) is 0 Å². The van der Waals surface area contributed by atoms with Gasteiger partial charge < -0.3 is 16.5 Å². The monoisotopic (exact) mass is 539 g/mol. The van der Waals surface area contributed by atoms with E-state index in [1.807, 2.05) is 26.2 Å². The van der Waals surface area contributed by atoms with Crippen molar-refractivity contribution in [1.82, 2.24) is 0 Å². The summed E-state index contributed by atoms with van der Waals surface area (Å²) >= 11 is 0. The summed E-state index contributed by atoms with van der Waals surface area (Å²) in [5, 5.41) is 0. The van der Waals surface area contributed by atoms with E-state index >= 15 is 0 Å². The van der Waals surface area contributed by atoms with Crippen LogP contribution < -0.4 is 0 Å². The fourth-order valence-corrected chi connectivity index (χ4v) is 19.7. The van der Waals surface area contributed by atoms with E-state index in [-0.39, 0.29) is 21.1 Å². The Morgan fingerprint density at radius 2 is 0.667 bits per heavy atom. The fourth-order valence-electron chi connectivity index (χ4n) is 2.03. The van der Waals surface area contributed by atoms with Gasteiger partial charge in [-0.15, -0.1) is 26.3 Å². The van der Waals surface area contributed by atoms with E-state index in [9.17, 15) is 0 Å². The normalized spacial score (nSPS) is 43.6. The molecule has 1 aliphatic rings. The Morgan fingerprint density at radius 3 is 0.762 bits per heavy atom. The van der Waals surface area contributed by atoms with Crippen LogP contribution in [0.2, 0.25) is 26.2 Å². The Balaban J connectivity index is 0.00000400. The molecular weight excluding hydrogens is 516 g/mol. The molecule has 122 valence electrons. The van der Waals surface area contributed by atoms with Crippen LogP contribution in [0, 0.1) is 0 Å². The molecule has 0 N–H and O–H groups in total. The minimum Gasteiger partial charge on any atom is -0.410 e. The molecule has 4 nitrogen and oxygen atoms in total. The SMILES string of the molecule is C=C[Si]1(C)O[Si](C)(C=C)O[Si](C)(C=C)O[Si](C)(C=C)O1.[Pt]. The average Bonchev–Trinajstić information content (AvgIpc) is 2.36. The van der Waals surface area contributed by atoms with Crippen molar-refractivity contribution in [3.63, 3.8) is 0 Å². The standard InChI is InChI=1S/C12H24O4Si4.Pt/c1-9-17(5)13-18(6,10-2)15-20(8,12-4)16-19(7,11-3)14-17;/h9-12H,1-4H2,5-8H3;. The van der Waals surface area contributed by atoms with Gasteiger partial charge in [-0.3, -0.25) is 0 Å². The third-order valence-electron chi connectivity index (χ3n) is 3.10. The molecule has 21 heavy (non-hydrogen) atoms. The van der Waals surface area contributed by atoms with E-state index in [4.69, 9.17) is 16.5 Å². The van der Waals surface area contributed by atoms with Crippen molar-refractivity contribution in [1.29, 1.82) is 0 Å². The van der Waals surface area contributed by atoms with Crippen LogP contribution in [0.25, 0.3) is 0 Å². The topological polar surface area (TPSA) is 36.9 Å². The zero-order valence-electron chi connectivity index (χ0n) is 13.1. The summed E-state index contributed by atoms with van der Waals surface area (Å²) in [5.41, 5.74) is 7.01. The van der Waals surface area contributed by atoms with Crippen LogP contribution in [0.1, 0.15) is 0 Å². The van der Waals surface area contributed by atoms with E-state index in [1.165, 1.54) is 0 Å². The molecule has 1 fully saturated rings. The molecule has 0 aliphatic carbocycles. The summed E-state index contributed by atoms with van der Waals surface area (Å²) in [6.45, 7) is 23.2. The zero-order valence-corrected chi connectivity index (χ0v) is 19.4. The Kier molecular flexibility index (Phi) is 7.41. The average molecular weight is 540 g/mol. The maximum Gasteiger partial charge on any atom is 0.344 e. The smallest absolute Gasteiger partial charge is 0.344 e. The van der Waals surface area contributed by atoms with Crippen molar-refractivity contribution in [3.05, 3.63) is 49.1 Å². The van der Waals surface area contributed by atoms with Gasteiger partial charge in [-0.2, -0.15) is 0 Å². The second kappa shape index (κ2) is 7.28. The molecule has 1 aliphatic heterocycles. The first-order chi connectivity index (χ1) is 9.07. The number of hydrogen-bond donors (Lipinski definition) is 0. The van der Waals surface area contributed by atoms with Gasteiger partial charge in [0.05, 0.1) is 0 Å². The summed E-state index contributed by atoms with van der Waals surface area (Å²) in [6.07, 6.45) is 0. The number of hydrogen-bond acceptors (Lipinski definition) is 4. The van der Waals surface area contributed by atoms with Crippen molar-refractivity contribution in [2.24, 2.45) is 0 Å². The second-order valence-electron chi connectivity index (χ2n) is 5.29. The molecule has 9 heteroatoms. The van der Waals surface area contributed by atoms with E-state index in [0.29, 0.717) is 0 Å². The second-order valence-corrected chi connectivity index (χ2v) is 18.3. The molecule has 0 spiro atoms. The summed E-state index contributed by atoms with van der Waals surface area (Å²) in [5.74, 6) is 0. The fraction of sp³-hybridized carbons (Fsp3) is 0.333. The van der Waals surface area contributed by atoms with Gasteiger partial charge in [0.2, 0.25) is 0 Å². The molecular formula is C12H24O4PtSi4. The summed E-state index contributed by atoms with van der Waals surface area (Å²) in [4.78, 5) is 0. The first-order valence-corrected chi connectivity index (χ1v) is 16.0. The molecule has 1 saturated heterocycles. The quantitative estimate of drug-likeness (QED) is 0.514. The van der Waals surface area contributed by atoms with Crippen molar-refractivity contribution >= 4 is 34.2 Å². The van der Waals surface area contributed by atoms with Crippen molar-refractivity contribution in [3.8, 4) is 0 Å². The Bertz CT molecular complexity index is 355. The molecule has 0 bridgehead atoms. The molecule has 1 heterocycles. The van der Waals surface area contributed by atoms with Gasteiger partial charge in [-0.1, -0.05) is 22.8 Å². The van der Waals surface area contributed by atoms with Gasteiger partial charge in [0.15, 0.2) is 0 Å². The molecule has 0 aromatic carbocycles. The first kappa shape index (κ1) is 21.4. The largest absolute Gasteiger partial charge is 0.410 e. The van der Waals surface area contributed by atoms with E-state index < -0.39 is 34.2 Å². The van der Waals surface area contributed by atoms with Gasteiger partial charge in [0.25, 0.3) is 0 Å². The molecule has 0 unspecified atom stereocenters.